The van der Waals surface area contributed by atoms with Crippen LogP contribution in [0.5, 0.6) is 0 Å². The maximum absolute atomic E-state index is 10.6. The molecule has 0 aliphatic rings. The first-order chi connectivity index (χ1) is 4.31. The maximum atomic E-state index is 10.6. The van der Waals surface area contributed by atoms with E-state index in [9.17, 15) is 4.21 Å². The standard InChI is InChI=1S/C5H10N2OS/c6-2-1-4-9(8)5-3-7/h1-2,4-6H2. The van der Waals surface area contributed by atoms with E-state index in [1.54, 1.807) is 0 Å². The van der Waals surface area contributed by atoms with Crippen LogP contribution in [-0.2, 0) is 10.8 Å². The lowest BCUT2D eigenvalue weighted by Crippen LogP contribution is -2.07. The van der Waals surface area contributed by atoms with Crippen molar-refractivity contribution in [3.05, 3.63) is 0 Å². The summed E-state index contributed by atoms with van der Waals surface area (Å²) in [5.74, 6) is 0.698. The third-order valence-corrected chi connectivity index (χ3v) is 2.00. The molecule has 1 atom stereocenters. The molecule has 0 saturated carbocycles. The fourth-order valence-corrected chi connectivity index (χ4v) is 1.17. The lowest BCUT2D eigenvalue weighted by molar-refractivity contribution is 0.683. The van der Waals surface area contributed by atoms with E-state index in [4.69, 9.17) is 11.0 Å². The highest BCUT2D eigenvalue weighted by Crippen LogP contribution is 1.83. The van der Waals surface area contributed by atoms with Crippen molar-refractivity contribution in [2.24, 2.45) is 5.73 Å². The third-order valence-electron chi connectivity index (χ3n) is 0.802. The summed E-state index contributed by atoms with van der Waals surface area (Å²) in [5.41, 5.74) is 5.16. The number of rotatable bonds is 4. The first-order valence-electron chi connectivity index (χ1n) is 2.73. The normalized spacial score (nSPS) is 12.4. The predicted octanol–water partition coefficient (Wildman–Crippen LogP) is -0.393. The van der Waals surface area contributed by atoms with Crippen LogP contribution in [0.15, 0.2) is 0 Å². The Bertz CT molecular complexity index is 129. The minimum atomic E-state index is -0.961. The van der Waals surface area contributed by atoms with Gasteiger partial charge in [0.15, 0.2) is 0 Å². The third kappa shape index (κ3) is 5.47. The van der Waals surface area contributed by atoms with Crippen molar-refractivity contribution < 1.29 is 4.21 Å². The Morgan fingerprint density at radius 2 is 2.33 bits per heavy atom. The van der Waals surface area contributed by atoms with E-state index < -0.39 is 10.8 Å². The second kappa shape index (κ2) is 5.73. The average Bonchev–Trinajstić information content (AvgIpc) is 1.85. The Labute approximate surface area is 57.3 Å². The van der Waals surface area contributed by atoms with Crippen molar-refractivity contribution in [3.63, 3.8) is 0 Å². The zero-order valence-electron chi connectivity index (χ0n) is 5.17. The summed E-state index contributed by atoms with van der Waals surface area (Å²) in [6.07, 6.45) is 0.744. The van der Waals surface area contributed by atoms with Gasteiger partial charge in [0.1, 0.15) is 5.75 Å². The van der Waals surface area contributed by atoms with Gasteiger partial charge in [-0.2, -0.15) is 5.26 Å². The van der Waals surface area contributed by atoms with Crippen LogP contribution in [0.2, 0.25) is 0 Å². The molecular formula is C5H10N2OS. The van der Waals surface area contributed by atoms with E-state index in [1.165, 1.54) is 0 Å². The molecule has 0 saturated heterocycles. The summed E-state index contributed by atoms with van der Waals surface area (Å²) < 4.78 is 10.6. The van der Waals surface area contributed by atoms with Gasteiger partial charge in [0.25, 0.3) is 0 Å². The van der Waals surface area contributed by atoms with Crippen molar-refractivity contribution >= 4 is 10.8 Å². The number of nitriles is 1. The highest BCUT2D eigenvalue weighted by atomic mass is 32.2. The molecular weight excluding hydrogens is 136 g/mol. The second-order valence-electron chi connectivity index (χ2n) is 1.59. The summed E-state index contributed by atoms with van der Waals surface area (Å²) in [6.45, 7) is 0.553. The minimum absolute atomic E-state index is 0.139. The molecule has 0 amide bonds. The number of hydrogen-bond acceptors (Lipinski definition) is 3. The first kappa shape index (κ1) is 8.60. The first-order valence-corrected chi connectivity index (χ1v) is 4.22. The van der Waals surface area contributed by atoms with E-state index in [2.05, 4.69) is 0 Å². The quantitative estimate of drug-likeness (QED) is 0.587. The summed E-state index contributed by atoms with van der Waals surface area (Å²) in [6, 6.07) is 1.84. The van der Waals surface area contributed by atoms with Gasteiger partial charge in [-0.1, -0.05) is 0 Å². The van der Waals surface area contributed by atoms with E-state index in [0.29, 0.717) is 12.3 Å². The number of nitrogens with two attached hydrogens (primary N) is 1. The lowest BCUT2D eigenvalue weighted by atomic mass is 10.5. The monoisotopic (exact) mass is 146 g/mol. The zero-order valence-corrected chi connectivity index (χ0v) is 5.99. The second-order valence-corrected chi connectivity index (χ2v) is 3.17. The summed E-state index contributed by atoms with van der Waals surface area (Å²) >= 11 is 0. The molecule has 4 heteroatoms. The average molecular weight is 146 g/mol. The van der Waals surface area contributed by atoms with Crippen LogP contribution < -0.4 is 5.73 Å². The van der Waals surface area contributed by atoms with Gasteiger partial charge in [0, 0.05) is 16.6 Å². The van der Waals surface area contributed by atoms with Gasteiger partial charge in [-0.15, -0.1) is 0 Å². The molecule has 0 fully saturated rings. The van der Waals surface area contributed by atoms with Crippen LogP contribution in [0.25, 0.3) is 0 Å². The Morgan fingerprint density at radius 3 is 2.78 bits per heavy atom. The minimum Gasteiger partial charge on any atom is -0.330 e. The van der Waals surface area contributed by atoms with Gasteiger partial charge in [0.2, 0.25) is 0 Å². The molecule has 0 aromatic rings. The van der Waals surface area contributed by atoms with Crippen molar-refractivity contribution in [2.45, 2.75) is 6.42 Å². The predicted molar refractivity (Wildman–Crippen MR) is 37.2 cm³/mol. The Balaban J connectivity index is 3.19. The van der Waals surface area contributed by atoms with Crippen LogP contribution in [0.1, 0.15) is 6.42 Å². The van der Waals surface area contributed by atoms with Crippen molar-refractivity contribution in [3.8, 4) is 6.07 Å². The van der Waals surface area contributed by atoms with Crippen molar-refractivity contribution in [1.82, 2.24) is 0 Å². The molecule has 0 radical (unpaired) electrons. The topological polar surface area (TPSA) is 66.9 Å². The van der Waals surface area contributed by atoms with Gasteiger partial charge < -0.3 is 5.73 Å². The molecule has 0 spiro atoms. The smallest absolute Gasteiger partial charge is 0.111 e. The molecule has 0 bridgehead atoms. The molecule has 0 heterocycles. The lowest BCUT2D eigenvalue weighted by Gasteiger charge is -1.91. The van der Waals surface area contributed by atoms with Gasteiger partial charge in [0.05, 0.1) is 6.07 Å². The van der Waals surface area contributed by atoms with E-state index >= 15 is 0 Å². The van der Waals surface area contributed by atoms with Crippen molar-refractivity contribution in [1.29, 1.82) is 5.26 Å². The summed E-state index contributed by atoms with van der Waals surface area (Å²) in [4.78, 5) is 0. The molecule has 3 nitrogen and oxygen atoms in total. The molecule has 0 rings (SSSR count). The fourth-order valence-electron chi connectivity index (χ4n) is 0.388. The van der Waals surface area contributed by atoms with Gasteiger partial charge in [-0.25, -0.2) is 0 Å². The fraction of sp³-hybridized carbons (Fsp3) is 0.800. The molecule has 9 heavy (non-hydrogen) atoms. The van der Waals surface area contributed by atoms with E-state index in [1.807, 2.05) is 6.07 Å². The molecule has 0 aliphatic carbocycles. The molecule has 0 aromatic carbocycles. The van der Waals surface area contributed by atoms with Gasteiger partial charge in [-0.3, -0.25) is 4.21 Å². The van der Waals surface area contributed by atoms with Gasteiger partial charge in [-0.05, 0) is 13.0 Å². The summed E-state index contributed by atoms with van der Waals surface area (Å²) in [5, 5.41) is 8.06. The van der Waals surface area contributed by atoms with Crippen LogP contribution in [0.3, 0.4) is 0 Å². The number of nitrogens with zero attached hydrogens (tertiary/aromatic N) is 1. The molecule has 2 N–H and O–H groups in total. The molecule has 0 aromatic heterocycles. The highest BCUT2D eigenvalue weighted by Gasteiger charge is 1.94. The van der Waals surface area contributed by atoms with E-state index in [-0.39, 0.29) is 5.75 Å². The van der Waals surface area contributed by atoms with Crippen LogP contribution in [0.4, 0.5) is 0 Å². The molecule has 0 aliphatic heterocycles. The Hall–Kier alpha value is -0.400. The highest BCUT2D eigenvalue weighted by molar-refractivity contribution is 7.85. The van der Waals surface area contributed by atoms with Crippen molar-refractivity contribution in [2.75, 3.05) is 18.1 Å². The molecule has 1 unspecified atom stereocenters. The SMILES string of the molecule is N#CCS(=O)CCCN. The van der Waals surface area contributed by atoms with Crippen LogP contribution in [0, 0.1) is 11.3 Å². The summed E-state index contributed by atoms with van der Waals surface area (Å²) in [7, 11) is -0.961. The number of hydrogen-bond donors (Lipinski definition) is 1. The zero-order chi connectivity index (χ0) is 7.11. The van der Waals surface area contributed by atoms with Gasteiger partial charge >= 0.3 is 0 Å². The maximum Gasteiger partial charge on any atom is 0.111 e. The molecule has 52 valence electrons. The Morgan fingerprint density at radius 1 is 1.67 bits per heavy atom. The van der Waals surface area contributed by atoms with E-state index in [0.717, 1.165) is 6.42 Å². The largest absolute Gasteiger partial charge is 0.330 e. The van der Waals surface area contributed by atoms with Crippen LogP contribution in [-0.4, -0.2) is 22.3 Å². The van der Waals surface area contributed by atoms with Crippen LogP contribution >= 0.6 is 0 Å². The Kier molecular flexibility index (Phi) is 5.48.